The van der Waals surface area contributed by atoms with Gasteiger partial charge in [0.15, 0.2) is 6.61 Å². The van der Waals surface area contributed by atoms with E-state index in [1.165, 1.54) is 18.7 Å². The lowest BCUT2D eigenvalue weighted by Crippen LogP contribution is -2.20. The van der Waals surface area contributed by atoms with Crippen molar-refractivity contribution in [3.8, 4) is 17.0 Å². The highest BCUT2D eigenvalue weighted by atomic mass is 127. The first kappa shape index (κ1) is 18.0. The monoisotopic (exact) mass is 473 g/mol. The van der Waals surface area contributed by atoms with Gasteiger partial charge in [-0.1, -0.05) is 12.1 Å². The molecule has 138 valence electrons. The SMILES string of the molecule is O=C(COc1ccc(I)cc1)Nc1ccc(-c2cn3c(n2)CCCC3)cc1. The van der Waals surface area contributed by atoms with Crippen LogP contribution in [-0.4, -0.2) is 22.1 Å². The van der Waals surface area contributed by atoms with E-state index in [0.29, 0.717) is 5.75 Å². The first-order chi connectivity index (χ1) is 13.2. The number of fused-ring (bicyclic) bond motifs is 1. The minimum Gasteiger partial charge on any atom is -0.484 e. The summed E-state index contributed by atoms with van der Waals surface area (Å²) in [5.41, 5.74) is 2.80. The van der Waals surface area contributed by atoms with Crippen LogP contribution in [0.25, 0.3) is 11.3 Å². The van der Waals surface area contributed by atoms with Crippen LogP contribution in [0.4, 0.5) is 5.69 Å². The molecular formula is C21H20IN3O2. The van der Waals surface area contributed by atoms with E-state index in [-0.39, 0.29) is 12.5 Å². The molecule has 0 atom stereocenters. The smallest absolute Gasteiger partial charge is 0.262 e. The van der Waals surface area contributed by atoms with Crippen LogP contribution >= 0.6 is 22.6 Å². The van der Waals surface area contributed by atoms with E-state index in [2.05, 4.69) is 38.7 Å². The van der Waals surface area contributed by atoms with Crippen molar-refractivity contribution in [2.45, 2.75) is 25.8 Å². The lowest BCUT2D eigenvalue weighted by molar-refractivity contribution is -0.118. The molecule has 0 bridgehead atoms. The van der Waals surface area contributed by atoms with Crippen molar-refractivity contribution in [2.75, 3.05) is 11.9 Å². The van der Waals surface area contributed by atoms with Gasteiger partial charge < -0.3 is 14.6 Å². The van der Waals surface area contributed by atoms with Crippen LogP contribution in [-0.2, 0) is 17.8 Å². The number of carbonyl (C=O) groups excluding carboxylic acids is 1. The summed E-state index contributed by atoms with van der Waals surface area (Å²) in [6, 6.07) is 15.4. The van der Waals surface area contributed by atoms with E-state index in [0.717, 1.165) is 33.5 Å². The van der Waals surface area contributed by atoms with Gasteiger partial charge in [0.05, 0.1) is 5.69 Å². The Labute approximate surface area is 171 Å². The Morgan fingerprint density at radius 2 is 1.89 bits per heavy atom. The molecule has 1 N–H and O–H groups in total. The van der Waals surface area contributed by atoms with Gasteiger partial charge in [0.2, 0.25) is 0 Å². The summed E-state index contributed by atoms with van der Waals surface area (Å²) in [5, 5.41) is 2.86. The lowest BCUT2D eigenvalue weighted by atomic mass is 10.1. The number of hydrogen-bond acceptors (Lipinski definition) is 3. The number of benzene rings is 2. The molecule has 6 heteroatoms. The molecule has 0 radical (unpaired) electrons. The molecule has 0 fully saturated rings. The fourth-order valence-corrected chi connectivity index (χ4v) is 3.51. The van der Waals surface area contributed by atoms with Gasteiger partial charge >= 0.3 is 0 Å². The molecule has 1 aromatic heterocycles. The summed E-state index contributed by atoms with van der Waals surface area (Å²) in [6.45, 7) is 1.03. The quantitative estimate of drug-likeness (QED) is 0.555. The van der Waals surface area contributed by atoms with Gasteiger partial charge in [-0.05, 0) is 71.8 Å². The molecule has 1 aliphatic heterocycles. The molecule has 0 unspecified atom stereocenters. The topological polar surface area (TPSA) is 56.1 Å². The number of nitrogens with one attached hydrogen (secondary N) is 1. The minimum atomic E-state index is -0.182. The summed E-state index contributed by atoms with van der Waals surface area (Å²) >= 11 is 2.23. The third-order valence-electron chi connectivity index (χ3n) is 4.56. The average molecular weight is 473 g/mol. The van der Waals surface area contributed by atoms with Crippen molar-refractivity contribution in [3.05, 3.63) is 64.1 Å². The molecule has 27 heavy (non-hydrogen) atoms. The minimum absolute atomic E-state index is 0.0177. The normalized spacial score (nSPS) is 13.1. The van der Waals surface area contributed by atoms with Gasteiger partial charge in [0.25, 0.3) is 5.91 Å². The second-order valence-corrected chi connectivity index (χ2v) is 7.81. The Balaban J connectivity index is 1.35. The predicted octanol–water partition coefficient (Wildman–Crippen LogP) is 4.51. The number of carbonyl (C=O) groups is 1. The van der Waals surface area contributed by atoms with Crippen LogP contribution in [0.1, 0.15) is 18.7 Å². The maximum Gasteiger partial charge on any atom is 0.262 e. The first-order valence-corrected chi connectivity index (χ1v) is 10.1. The molecular weight excluding hydrogens is 453 g/mol. The first-order valence-electron chi connectivity index (χ1n) is 9.02. The van der Waals surface area contributed by atoms with Crippen LogP contribution in [0, 0.1) is 3.57 Å². The number of anilines is 1. The summed E-state index contributed by atoms with van der Waals surface area (Å²) in [5.74, 6) is 1.67. The van der Waals surface area contributed by atoms with Crippen LogP contribution in [0.15, 0.2) is 54.7 Å². The molecule has 5 nitrogen and oxygen atoms in total. The number of rotatable bonds is 5. The number of amides is 1. The van der Waals surface area contributed by atoms with Crippen molar-refractivity contribution in [1.29, 1.82) is 0 Å². The van der Waals surface area contributed by atoms with Gasteiger partial charge in [-0.25, -0.2) is 4.98 Å². The van der Waals surface area contributed by atoms with Gasteiger partial charge in [-0.2, -0.15) is 0 Å². The Kier molecular flexibility index (Phi) is 5.42. The van der Waals surface area contributed by atoms with E-state index in [1.807, 2.05) is 48.5 Å². The number of aromatic nitrogens is 2. The summed E-state index contributed by atoms with van der Waals surface area (Å²) < 4.78 is 8.88. The van der Waals surface area contributed by atoms with Crippen molar-refractivity contribution in [1.82, 2.24) is 9.55 Å². The second kappa shape index (κ2) is 8.12. The highest BCUT2D eigenvalue weighted by molar-refractivity contribution is 14.1. The largest absolute Gasteiger partial charge is 0.484 e. The molecule has 3 aromatic rings. The molecule has 2 aromatic carbocycles. The van der Waals surface area contributed by atoms with Crippen LogP contribution in [0.3, 0.4) is 0 Å². The molecule has 0 saturated carbocycles. The molecule has 2 heterocycles. The third kappa shape index (κ3) is 4.50. The Morgan fingerprint density at radius 3 is 2.63 bits per heavy atom. The standard InChI is InChI=1S/C21H20IN3O2/c22-16-6-10-18(11-7-16)27-14-21(26)23-17-8-4-15(5-9-17)19-13-25-12-2-1-3-20(25)24-19/h4-11,13H,1-3,12,14H2,(H,23,26). The average Bonchev–Trinajstić information content (AvgIpc) is 3.12. The fraction of sp³-hybridized carbons (Fsp3) is 0.238. The Bertz CT molecular complexity index is 910. The van der Waals surface area contributed by atoms with E-state index in [1.54, 1.807) is 0 Å². The molecule has 1 aliphatic rings. The number of halogens is 1. The maximum atomic E-state index is 12.1. The molecule has 0 saturated heterocycles. The zero-order chi connectivity index (χ0) is 18.6. The second-order valence-electron chi connectivity index (χ2n) is 6.56. The number of imidazole rings is 1. The van der Waals surface area contributed by atoms with Crippen LogP contribution < -0.4 is 10.1 Å². The van der Waals surface area contributed by atoms with Gasteiger partial charge in [0, 0.05) is 34.0 Å². The molecule has 4 rings (SSSR count). The number of nitrogens with zero attached hydrogens (tertiary/aromatic N) is 2. The van der Waals surface area contributed by atoms with Gasteiger partial charge in [0.1, 0.15) is 11.6 Å². The van der Waals surface area contributed by atoms with E-state index < -0.39 is 0 Å². The fourth-order valence-electron chi connectivity index (χ4n) is 3.15. The zero-order valence-corrected chi connectivity index (χ0v) is 17.0. The highest BCUT2D eigenvalue weighted by Crippen LogP contribution is 2.24. The molecule has 0 spiro atoms. The van der Waals surface area contributed by atoms with E-state index in [4.69, 9.17) is 9.72 Å². The number of hydrogen-bond donors (Lipinski definition) is 1. The van der Waals surface area contributed by atoms with Gasteiger partial charge in [-0.3, -0.25) is 4.79 Å². The molecule has 0 aliphatic carbocycles. The Morgan fingerprint density at radius 1 is 1.11 bits per heavy atom. The van der Waals surface area contributed by atoms with E-state index >= 15 is 0 Å². The highest BCUT2D eigenvalue weighted by Gasteiger charge is 2.13. The summed E-state index contributed by atoms with van der Waals surface area (Å²) in [4.78, 5) is 16.8. The maximum absolute atomic E-state index is 12.1. The van der Waals surface area contributed by atoms with Gasteiger partial charge in [-0.15, -0.1) is 0 Å². The van der Waals surface area contributed by atoms with Crippen molar-refractivity contribution >= 4 is 34.2 Å². The number of aryl methyl sites for hydroxylation is 2. The zero-order valence-electron chi connectivity index (χ0n) is 14.8. The van der Waals surface area contributed by atoms with Crippen molar-refractivity contribution in [2.24, 2.45) is 0 Å². The lowest BCUT2D eigenvalue weighted by Gasteiger charge is -2.11. The van der Waals surface area contributed by atoms with Crippen molar-refractivity contribution < 1.29 is 9.53 Å². The summed E-state index contributed by atoms with van der Waals surface area (Å²) in [6.07, 6.45) is 5.61. The van der Waals surface area contributed by atoms with Crippen LogP contribution in [0.2, 0.25) is 0 Å². The molecule has 1 amide bonds. The predicted molar refractivity (Wildman–Crippen MR) is 114 cm³/mol. The van der Waals surface area contributed by atoms with Crippen molar-refractivity contribution in [3.63, 3.8) is 0 Å². The summed E-state index contributed by atoms with van der Waals surface area (Å²) in [7, 11) is 0. The van der Waals surface area contributed by atoms with Crippen LogP contribution in [0.5, 0.6) is 5.75 Å². The Hall–Kier alpha value is -2.35. The third-order valence-corrected chi connectivity index (χ3v) is 5.28. The number of ether oxygens (including phenoxy) is 1. The van der Waals surface area contributed by atoms with E-state index in [9.17, 15) is 4.79 Å².